The molecule has 5 nitrogen and oxygen atoms in total. The third-order valence-corrected chi connectivity index (χ3v) is 6.56. The fourth-order valence-electron chi connectivity index (χ4n) is 4.66. The van der Waals surface area contributed by atoms with Crippen LogP contribution in [0.15, 0.2) is 91.1 Å². The molecular weight excluding hydrogens is 420 g/mol. The van der Waals surface area contributed by atoms with Crippen LogP contribution in [0.2, 0.25) is 0 Å². The zero-order chi connectivity index (χ0) is 23.7. The molecular formula is C29H30N4O. The molecule has 1 aliphatic rings. The van der Waals surface area contributed by atoms with Gasteiger partial charge in [0, 0.05) is 37.4 Å². The molecule has 0 saturated heterocycles. The Morgan fingerprint density at radius 2 is 1.68 bits per heavy atom. The summed E-state index contributed by atoms with van der Waals surface area (Å²) >= 11 is 0. The molecule has 0 saturated carbocycles. The summed E-state index contributed by atoms with van der Waals surface area (Å²) in [6, 6.07) is 28.7. The SMILES string of the molecule is CCc1ccc(NC(=O)N2Cc3ccccc3-n3cccc3[C@H]2c2ccc(N(C)C)cc2)cc1. The van der Waals surface area contributed by atoms with Crippen LogP contribution in [0.3, 0.4) is 0 Å². The standard InChI is InChI=1S/C29H30N4O/c1-4-21-11-15-24(16-12-21)30-29(34)33-20-23-8-5-6-9-26(23)32-19-7-10-27(32)28(33)22-13-17-25(18-14-22)31(2)3/h5-19,28H,4,20H2,1-3H3,(H,30,34)/t28-/m1/s1. The van der Waals surface area contributed by atoms with Crippen LogP contribution in [0.25, 0.3) is 5.69 Å². The highest BCUT2D eigenvalue weighted by atomic mass is 16.2. The van der Waals surface area contributed by atoms with E-state index in [0.29, 0.717) is 6.54 Å². The van der Waals surface area contributed by atoms with E-state index >= 15 is 0 Å². The third-order valence-electron chi connectivity index (χ3n) is 6.56. The number of nitrogens with zero attached hydrogens (tertiary/aromatic N) is 3. The number of benzene rings is 3. The maximum absolute atomic E-state index is 13.8. The largest absolute Gasteiger partial charge is 0.378 e. The molecule has 0 radical (unpaired) electrons. The first-order chi connectivity index (χ1) is 16.5. The second-order valence-corrected chi connectivity index (χ2v) is 8.93. The minimum atomic E-state index is -0.228. The minimum absolute atomic E-state index is 0.115. The van der Waals surface area contributed by atoms with Gasteiger partial charge in [-0.3, -0.25) is 0 Å². The average Bonchev–Trinajstić information content (AvgIpc) is 3.29. The van der Waals surface area contributed by atoms with E-state index in [2.05, 4.69) is 94.6 Å². The predicted octanol–water partition coefficient (Wildman–Crippen LogP) is 6.24. The Hall–Kier alpha value is -3.99. The van der Waals surface area contributed by atoms with Crippen molar-refractivity contribution in [3.05, 3.63) is 114 Å². The maximum atomic E-state index is 13.8. The van der Waals surface area contributed by atoms with Gasteiger partial charge in [-0.15, -0.1) is 0 Å². The lowest BCUT2D eigenvalue weighted by Crippen LogP contribution is -2.37. The summed E-state index contributed by atoms with van der Waals surface area (Å²) in [7, 11) is 4.07. The number of nitrogens with one attached hydrogen (secondary N) is 1. The second-order valence-electron chi connectivity index (χ2n) is 8.93. The summed E-state index contributed by atoms with van der Waals surface area (Å²) in [5, 5.41) is 3.14. The van der Waals surface area contributed by atoms with Crippen LogP contribution in [-0.4, -0.2) is 29.6 Å². The lowest BCUT2D eigenvalue weighted by atomic mass is 10.0. The Morgan fingerprint density at radius 3 is 2.38 bits per heavy atom. The first-order valence-corrected chi connectivity index (χ1v) is 11.7. The number of hydrogen-bond acceptors (Lipinski definition) is 2. The number of anilines is 2. The number of amides is 2. The fraction of sp³-hybridized carbons (Fsp3) is 0.207. The Labute approximate surface area is 201 Å². The summed E-state index contributed by atoms with van der Waals surface area (Å²) in [6.07, 6.45) is 3.05. The van der Waals surface area contributed by atoms with Crippen LogP contribution in [0.4, 0.5) is 16.2 Å². The van der Waals surface area contributed by atoms with Crippen LogP contribution >= 0.6 is 0 Å². The number of aromatic nitrogens is 1. The molecule has 3 aromatic carbocycles. The molecule has 1 aliphatic heterocycles. The molecule has 0 fully saturated rings. The Morgan fingerprint density at radius 1 is 0.941 bits per heavy atom. The van der Waals surface area contributed by atoms with Gasteiger partial charge in [0.1, 0.15) is 0 Å². The van der Waals surface area contributed by atoms with E-state index in [0.717, 1.165) is 40.3 Å². The van der Waals surface area contributed by atoms with Crippen LogP contribution in [0, 0.1) is 0 Å². The highest BCUT2D eigenvalue weighted by Gasteiger charge is 2.33. The highest BCUT2D eigenvalue weighted by molar-refractivity contribution is 5.90. The first kappa shape index (κ1) is 21.8. The van der Waals surface area contributed by atoms with E-state index < -0.39 is 0 Å². The van der Waals surface area contributed by atoms with Crippen molar-refractivity contribution >= 4 is 17.4 Å². The van der Waals surface area contributed by atoms with Crippen molar-refractivity contribution in [3.8, 4) is 5.69 Å². The van der Waals surface area contributed by atoms with Gasteiger partial charge in [-0.2, -0.15) is 0 Å². The molecule has 0 bridgehead atoms. The third kappa shape index (κ3) is 4.05. The van der Waals surface area contributed by atoms with Crippen LogP contribution in [0.1, 0.15) is 35.3 Å². The predicted molar refractivity (Wildman–Crippen MR) is 139 cm³/mol. The van der Waals surface area contributed by atoms with Crippen molar-refractivity contribution < 1.29 is 4.79 Å². The number of aryl methyl sites for hydroxylation is 1. The number of carbonyl (C=O) groups excluding carboxylic acids is 1. The van der Waals surface area contributed by atoms with Crippen molar-refractivity contribution in [1.82, 2.24) is 9.47 Å². The van der Waals surface area contributed by atoms with Gasteiger partial charge in [0.05, 0.1) is 18.3 Å². The molecule has 1 N–H and O–H groups in total. The van der Waals surface area contributed by atoms with Gasteiger partial charge >= 0.3 is 6.03 Å². The summed E-state index contributed by atoms with van der Waals surface area (Å²) < 4.78 is 2.21. The summed E-state index contributed by atoms with van der Waals surface area (Å²) in [5.74, 6) is 0. The number of fused-ring (bicyclic) bond motifs is 3. The number of urea groups is 1. The molecule has 0 aliphatic carbocycles. The van der Waals surface area contributed by atoms with Crippen molar-refractivity contribution in [2.75, 3.05) is 24.3 Å². The van der Waals surface area contributed by atoms with Crippen LogP contribution in [-0.2, 0) is 13.0 Å². The van der Waals surface area contributed by atoms with E-state index in [1.807, 2.05) is 37.2 Å². The van der Waals surface area contributed by atoms with Gasteiger partial charge in [0.25, 0.3) is 0 Å². The monoisotopic (exact) mass is 450 g/mol. The van der Waals surface area contributed by atoms with Gasteiger partial charge < -0.3 is 19.7 Å². The lowest BCUT2D eigenvalue weighted by Gasteiger charge is -2.31. The van der Waals surface area contributed by atoms with Crippen LogP contribution in [0.5, 0.6) is 0 Å². The number of carbonyl (C=O) groups is 1. The summed E-state index contributed by atoms with van der Waals surface area (Å²) in [4.78, 5) is 17.8. The normalized spacial score (nSPS) is 14.7. The van der Waals surface area contributed by atoms with Gasteiger partial charge in [-0.05, 0) is 65.6 Å². The van der Waals surface area contributed by atoms with E-state index in [4.69, 9.17) is 0 Å². The van der Waals surface area contributed by atoms with Crippen molar-refractivity contribution in [3.63, 3.8) is 0 Å². The molecule has 0 unspecified atom stereocenters. The molecule has 4 aromatic rings. The lowest BCUT2D eigenvalue weighted by molar-refractivity contribution is 0.194. The molecule has 1 atom stereocenters. The van der Waals surface area contributed by atoms with E-state index in [1.165, 1.54) is 5.56 Å². The second kappa shape index (κ2) is 9.10. The van der Waals surface area contributed by atoms with Gasteiger partial charge in [0.2, 0.25) is 0 Å². The average molecular weight is 451 g/mol. The van der Waals surface area contributed by atoms with Crippen LogP contribution < -0.4 is 10.2 Å². The van der Waals surface area contributed by atoms with Gasteiger partial charge in [-0.1, -0.05) is 49.4 Å². The fourth-order valence-corrected chi connectivity index (χ4v) is 4.66. The number of para-hydroxylation sites is 1. The minimum Gasteiger partial charge on any atom is -0.378 e. The molecule has 0 spiro atoms. The zero-order valence-electron chi connectivity index (χ0n) is 19.9. The van der Waals surface area contributed by atoms with Crippen molar-refractivity contribution in [1.29, 1.82) is 0 Å². The maximum Gasteiger partial charge on any atom is 0.322 e. The van der Waals surface area contributed by atoms with Crippen molar-refractivity contribution in [2.45, 2.75) is 25.9 Å². The highest BCUT2D eigenvalue weighted by Crippen LogP contribution is 2.37. The Balaban J connectivity index is 1.58. The van der Waals surface area contributed by atoms with Crippen molar-refractivity contribution in [2.24, 2.45) is 0 Å². The molecule has 5 rings (SSSR count). The molecule has 2 amide bonds. The number of hydrogen-bond donors (Lipinski definition) is 1. The van der Waals surface area contributed by atoms with Gasteiger partial charge in [0.15, 0.2) is 0 Å². The number of rotatable bonds is 4. The van der Waals surface area contributed by atoms with E-state index in [-0.39, 0.29) is 12.1 Å². The summed E-state index contributed by atoms with van der Waals surface area (Å²) in [5.41, 5.74) is 7.55. The van der Waals surface area contributed by atoms with E-state index in [1.54, 1.807) is 0 Å². The zero-order valence-corrected chi connectivity index (χ0v) is 19.9. The quantitative estimate of drug-likeness (QED) is 0.400. The first-order valence-electron chi connectivity index (χ1n) is 11.7. The molecule has 5 heteroatoms. The van der Waals surface area contributed by atoms with E-state index in [9.17, 15) is 4.79 Å². The topological polar surface area (TPSA) is 40.5 Å². The molecule has 1 aromatic heterocycles. The smallest absolute Gasteiger partial charge is 0.322 e. The summed E-state index contributed by atoms with van der Waals surface area (Å²) in [6.45, 7) is 2.64. The molecule has 172 valence electrons. The Kier molecular flexibility index (Phi) is 5.84. The molecule has 34 heavy (non-hydrogen) atoms. The Bertz CT molecular complexity index is 1290. The molecule has 2 heterocycles. The van der Waals surface area contributed by atoms with Gasteiger partial charge in [-0.25, -0.2) is 4.79 Å².